The number of H-pyrrole nitrogens is 1. The van der Waals surface area contributed by atoms with Crippen LogP contribution in [0.3, 0.4) is 0 Å². The number of hydrogen-bond donors (Lipinski definition) is 2. The van der Waals surface area contributed by atoms with Gasteiger partial charge in [0.25, 0.3) is 5.56 Å². The highest BCUT2D eigenvalue weighted by molar-refractivity contribution is 6.32. The Labute approximate surface area is 91.7 Å². The summed E-state index contributed by atoms with van der Waals surface area (Å²) in [7, 11) is 0. The van der Waals surface area contributed by atoms with Crippen LogP contribution in [0.25, 0.3) is 0 Å². The van der Waals surface area contributed by atoms with Crippen molar-refractivity contribution in [3.8, 4) is 0 Å². The molecule has 6 heteroatoms. The van der Waals surface area contributed by atoms with Crippen molar-refractivity contribution in [1.82, 2.24) is 9.97 Å². The summed E-state index contributed by atoms with van der Waals surface area (Å²) in [6.45, 7) is 1.36. The lowest BCUT2D eigenvalue weighted by molar-refractivity contribution is 0.145. The van der Waals surface area contributed by atoms with E-state index in [2.05, 4.69) is 9.97 Å². The van der Waals surface area contributed by atoms with E-state index >= 15 is 0 Å². The minimum atomic E-state index is -0.326. The molecule has 0 spiro atoms. The van der Waals surface area contributed by atoms with Crippen molar-refractivity contribution in [1.29, 1.82) is 0 Å². The number of aromatic nitrogens is 2. The average Bonchev–Trinajstić information content (AvgIpc) is 2.24. The Morgan fingerprint density at radius 1 is 1.53 bits per heavy atom. The van der Waals surface area contributed by atoms with Crippen molar-refractivity contribution in [2.75, 3.05) is 18.0 Å². The van der Waals surface area contributed by atoms with Crippen LogP contribution in [0.5, 0.6) is 0 Å². The van der Waals surface area contributed by atoms with Gasteiger partial charge in [-0.1, -0.05) is 11.6 Å². The Morgan fingerprint density at radius 3 is 2.87 bits per heavy atom. The van der Waals surface area contributed by atoms with E-state index in [1.807, 2.05) is 4.90 Å². The molecule has 2 heterocycles. The first-order valence-electron chi connectivity index (χ1n) is 4.84. The van der Waals surface area contributed by atoms with Crippen LogP contribution in [0.1, 0.15) is 12.8 Å². The highest BCUT2D eigenvalue weighted by Gasteiger charge is 2.20. The fourth-order valence-corrected chi connectivity index (χ4v) is 1.89. The van der Waals surface area contributed by atoms with Crippen LogP contribution in [0.15, 0.2) is 11.1 Å². The monoisotopic (exact) mass is 229 g/mol. The molecule has 5 nitrogen and oxygen atoms in total. The Morgan fingerprint density at radius 2 is 2.20 bits per heavy atom. The van der Waals surface area contributed by atoms with Gasteiger partial charge in [0.1, 0.15) is 5.02 Å². The van der Waals surface area contributed by atoms with Gasteiger partial charge in [-0.2, -0.15) is 0 Å². The first-order chi connectivity index (χ1) is 7.18. The van der Waals surface area contributed by atoms with Gasteiger partial charge in [0, 0.05) is 13.1 Å². The largest absolute Gasteiger partial charge is 0.393 e. The van der Waals surface area contributed by atoms with Crippen LogP contribution in [0, 0.1) is 0 Å². The van der Waals surface area contributed by atoms with Crippen LogP contribution >= 0.6 is 11.6 Å². The molecule has 2 N–H and O–H groups in total. The summed E-state index contributed by atoms with van der Waals surface area (Å²) in [5, 5.41) is 9.47. The van der Waals surface area contributed by atoms with Gasteiger partial charge >= 0.3 is 0 Å². The predicted octanol–water partition coefficient (Wildman–Crippen LogP) is 0.384. The quantitative estimate of drug-likeness (QED) is 0.731. The van der Waals surface area contributed by atoms with E-state index in [9.17, 15) is 9.90 Å². The molecule has 0 saturated carbocycles. The molecular weight excluding hydrogens is 218 g/mol. The second-order valence-electron chi connectivity index (χ2n) is 3.59. The molecule has 0 atom stereocenters. The maximum Gasteiger partial charge on any atom is 0.271 e. The molecular formula is C9H12ClN3O2. The Kier molecular flexibility index (Phi) is 2.93. The van der Waals surface area contributed by atoms with Gasteiger partial charge in [0.15, 0.2) is 5.82 Å². The van der Waals surface area contributed by atoms with Crippen molar-refractivity contribution < 1.29 is 5.11 Å². The molecule has 1 aromatic heterocycles. The van der Waals surface area contributed by atoms with Crippen LogP contribution in [-0.2, 0) is 0 Å². The number of hydrogen-bond acceptors (Lipinski definition) is 4. The molecule has 82 valence electrons. The Hall–Kier alpha value is -1.07. The summed E-state index contributed by atoms with van der Waals surface area (Å²) in [6.07, 6.45) is 2.46. The molecule has 1 fully saturated rings. The van der Waals surface area contributed by atoms with Gasteiger partial charge in [-0.3, -0.25) is 4.79 Å². The molecule has 0 amide bonds. The third-order valence-electron chi connectivity index (χ3n) is 2.54. The summed E-state index contributed by atoms with van der Waals surface area (Å²) in [5.41, 5.74) is -0.326. The zero-order valence-electron chi connectivity index (χ0n) is 8.11. The Balaban J connectivity index is 2.23. The number of anilines is 1. The summed E-state index contributed by atoms with van der Waals surface area (Å²) < 4.78 is 0. The highest BCUT2D eigenvalue weighted by Crippen LogP contribution is 2.22. The van der Waals surface area contributed by atoms with Crippen LogP contribution in [0.2, 0.25) is 5.02 Å². The maximum absolute atomic E-state index is 11.2. The summed E-state index contributed by atoms with van der Waals surface area (Å²) >= 11 is 5.85. The smallest absolute Gasteiger partial charge is 0.271 e. The number of rotatable bonds is 1. The van der Waals surface area contributed by atoms with Crippen molar-refractivity contribution in [3.05, 3.63) is 21.7 Å². The van der Waals surface area contributed by atoms with E-state index < -0.39 is 0 Å². The van der Waals surface area contributed by atoms with E-state index in [1.165, 1.54) is 6.33 Å². The van der Waals surface area contributed by atoms with Gasteiger partial charge < -0.3 is 15.0 Å². The van der Waals surface area contributed by atoms with Crippen molar-refractivity contribution in [2.24, 2.45) is 0 Å². The van der Waals surface area contributed by atoms with Gasteiger partial charge in [-0.15, -0.1) is 0 Å². The number of aliphatic hydroxyl groups excluding tert-OH is 1. The summed E-state index contributed by atoms with van der Waals surface area (Å²) in [5.74, 6) is 0.507. The minimum Gasteiger partial charge on any atom is -0.393 e. The normalized spacial score (nSPS) is 18.1. The van der Waals surface area contributed by atoms with E-state index in [0.29, 0.717) is 31.7 Å². The lowest BCUT2D eigenvalue weighted by atomic mass is 10.1. The molecule has 1 aromatic rings. The third kappa shape index (κ3) is 2.13. The lowest BCUT2D eigenvalue weighted by Gasteiger charge is -2.30. The van der Waals surface area contributed by atoms with Gasteiger partial charge in [-0.25, -0.2) is 4.98 Å². The molecule has 2 rings (SSSR count). The van der Waals surface area contributed by atoms with E-state index in [0.717, 1.165) is 0 Å². The molecule has 1 saturated heterocycles. The molecule has 0 unspecified atom stereocenters. The molecule has 1 aliphatic rings. The zero-order valence-corrected chi connectivity index (χ0v) is 8.87. The second kappa shape index (κ2) is 4.20. The van der Waals surface area contributed by atoms with E-state index in [1.54, 1.807) is 0 Å². The molecule has 0 aromatic carbocycles. The molecule has 0 bridgehead atoms. The standard InChI is InChI=1S/C9H12ClN3O2/c10-7-8(11-5-12-9(7)15)13-3-1-6(14)2-4-13/h5-6,14H,1-4H2,(H,11,12,15). The SMILES string of the molecule is O=c1[nH]cnc(N2CCC(O)CC2)c1Cl. The second-order valence-corrected chi connectivity index (χ2v) is 3.97. The number of aliphatic hydroxyl groups is 1. The lowest BCUT2D eigenvalue weighted by Crippen LogP contribution is -2.37. The minimum absolute atomic E-state index is 0.119. The maximum atomic E-state index is 11.2. The first kappa shape index (κ1) is 10.4. The van der Waals surface area contributed by atoms with Crippen molar-refractivity contribution >= 4 is 17.4 Å². The third-order valence-corrected chi connectivity index (χ3v) is 2.88. The number of aromatic amines is 1. The predicted molar refractivity (Wildman–Crippen MR) is 57.3 cm³/mol. The van der Waals surface area contributed by atoms with Crippen LogP contribution in [-0.4, -0.2) is 34.3 Å². The van der Waals surface area contributed by atoms with Crippen molar-refractivity contribution in [2.45, 2.75) is 18.9 Å². The van der Waals surface area contributed by atoms with E-state index in [-0.39, 0.29) is 16.7 Å². The highest BCUT2D eigenvalue weighted by atomic mass is 35.5. The van der Waals surface area contributed by atoms with E-state index in [4.69, 9.17) is 11.6 Å². The van der Waals surface area contributed by atoms with Crippen molar-refractivity contribution in [3.63, 3.8) is 0 Å². The van der Waals surface area contributed by atoms with Gasteiger partial charge in [0.2, 0.25) is 0 Å². The topological polar surface area (TPSA) is 69.2 Å². The van der Waals surface area contributed by atoms with Crippen LogP contribution in [0.4, 0.5) is 5.82 Å². The Bertz CT molecular complexity index is 399. The summed E-state index contributed by atoms with van der Waals surface area (Å²) in [4.78, 5) is 19.6. The average molecular weight is 230 g/mol. The fourth-order valence-electron chi connectivity index (χ4n) is 1.67. The first-order valence-corrected chi connectivity index (χ1v) is 5.22. The number of piperidine rings is 1. The molecule has 1 aliphatic heterocycles. The molecule has 0 aliphatic carbocycles. The van der Waals surface area contributed by atoms with Gasteiger partial charge in [-0.05, 0) is 12.8 Å². The summed E-state index contributed by atoms with van der Waals surface area (Å²) in [6, 6.07) is 0. The zero-order chi connectivity index (χ0) is 10.8. The molecule has 0 radical (unpaired) electrons. The number of nitrogens with one attached hydrogen (secondary N) is 1. The van der Waals surface area contributed by atoms with Crippen LogP contribution < -0.4 is 10.5 Å². The van der Waals surface area contributed by atoms with Gasteiger partial charge in [0.05, 0.1) is 12.4 Å². The molecule has 15 heavy (non-hydrogen) atoms. The number of halogens is 1. The number of nitrogens with zero attached hydrogens (tertiary/aromatic N) is 2. The fraction of sp³-hybridized carbons (Fsp3) is 0.556.